The van der Waals surface area contributed by atoms with Crippen LogP contribution in [0, 0.1) is 0 Å². The number of nitrogens with zero attached hydrogens (tertiary/aromatic N) is 2. The Bertz CT molecular complexity index is 708. The third-order valence-corrected chi connectivity index (χ3v) is 3.94. The van der Waals surface area contributed by atoms with Crippen molar-refractivity contribution in [3.63, 3.8) is 0 Å². The molecule has 20 heavy (non-hydrogen) atoms. The number of hydrogen-bond acceptors (Lipinski definition) is 4. The summed E-state index contributed by atoms with van der Waals surface area (Å²) in [7, 11) is -1.67. The zero-order valence-electron chi connectivity index (χ0n) is 11.2. The largest absolute Gasteiger partial charge is 0.337 e. The van der Waals surface area contributed by atoms with Crippen LogP contribution in [0.2, 0.25) is 0 Å². The summed E-state index contributed by atoms with van der Waals surface area (Å²) in [6, 6.07) is 6.03. The van der Waals surface area contributed by atoms with Crippen LogP contribution in [0.5, 0.6) is 0 Å². The number of aromatic nitrogens is 2. The smallest absolute Gasteiger partial charge is 0.253 e. The first-order chi connectivity index (χ1) is 9.38. The number of H-pyrrole nitrogens is 1. The first-order valence-electron chi connectivity index (χ1n) is 5.91. The van der Waals surface area contributed by atoms with Crippen LogP contribution in [0.1, 0.15) is 15.9 Å². The molecule has 1 aromatic heterocycles. The number of amides is 1. The Morgan fingerprint density at radius 1 is 1.40 bits per heavy atom. The van der Waals surface area contributed by atoms with E-state index in [4.69, 9.17) is 0 Å². The fourth-order valence-corrected chi connectivity index (χ4v) is 2.46. The molecule has 0 bridgehead atoms. The van der Waals surface area contributed by atoms with Gasteiger partial charge in [0.15, 0.2) is 9.84 Å². The molecule has 2 aromatic rings. The van der Waals surface area contributed by atoms with Gasteiger partial charge in [-0.25, -0.2) is 8.42 Å². The number of carbonyl (C=O) groups is 1. The summed E-state index contributed by atoms with van der Waals surface area (Å²) in [6.07, 6.45) is 4.46. The van der Waals surface area contributed by atoms with E-state index in [-0.39, 0.29) is 10.8 Å². The minimum Gasteiger partial charge on any atom is -0.337 e. The minimum atomic E-state index is -3.32. The van der Waals surface area contributed by atoms with Gasteiger partial charge in [-0.3, -0.25) is 9.89 Å². The Labute approximate surface area is 117 Å². The Kier molecular flexibility index (Phi) is 3.89. The van der Waals surface area contributed by atoms with Crippen LogP contribution >= 0.6 is 0 Å². The summed E-state index contributed by atoms with van der Waals surface area (Å²) in [6.45, 7) is 0.401. The Balaban J connectivity index is 2.21. The maximum atomic E-state index is 12.3. The molecule has 1 heterocycles. The molecule has 0 unspecified atom stereocenters. The predicted molar refractivity (Wildman–Crippen MR) is 73.9 cm³/mol. The molecule has 0 spiro atoms. The zero-order valence-corrected chi connectivity index (χ0v) is 12.0. The van der Waals surface area contributed by atoms with Crippen molar-refractivity contribution in [3.05, 3.63) is 47.8 Å². The van der Waals surface area contributed by atoms with Gasteiger partial charge in [0, 0.05) is 37.2 Å². The molecule has 1 aromatic carbocycles. The van der Waals surface area contributed by atoms with Gasteiger partial charge in [0.05, 0.1) is 11.1 Å². The molecular formula is C13H15N3O3S. The van der Waals surface area contributed by atoms with Gasteiger partial charge in [-0.2, -0.15) is 5.10 Å². The van der Waals surface area contributed by atoms with Crippen LogP contribution in [0.25, 0.3) is 0 Å². The van der Waals surface area contributed by atoms with E-state index >= 15 is 0 Å². The Morgan fingerprint density at radius 3 is 2.75 bits per heavy atom. The molecule has 7 heteroatoms. The number of sulfone groups is 1. The lowest BCUT2D eigenvalue weighted by molar-refractivity contribution is 0.0785. The lowest BCUT2D eigenvalue weighted by atomic mass is 10.2. The van der Waals surface area contributed by atoms with Gasteiger partial charge in [-0.15, -0.1) is 0 Å². The SMILES string of the molecule is CN(Cc1cn[nH]c1)C(=O)c1cccc(S(C)(=O)=O)c1. The highest BCUT2D eigenvalue weighted by molar-refractivity contribution is 7.90. The molecule has 0 aliphatic rings. The fourth-order valence-electron chi connectivity index (χ4n) is 1.79. The Morgan fingerprint density at radius 2 is 2.15 bits per heavy atom. The number of carbonyl (C=O) groups excluding carboxylic acids is 1. The van der Waals surface area contributed by atoms with Crippen LogP contribution in [-0.2, 0) is 16.4 Å². The standard InChI is InChI=1S/C13H15N3O3S/c1-16(9-10-7-14-15-8-10)13(17)11-4-3-5-12(6-11)20(2,18)19/h3-8H,9H2,1-2H3,(H,14,15). The quantitative estimate of drug-likeness (QED) is 0.914. The van der Waals surface area contributed by atoms with Crippen LogP contribution in [0.15, 0.2) is 41.6 Å². The van der Waals surface area contributed by atoms with Gasteiger partial charge in [0.2, 0.25) is 0 Å². The van der Waals surface area contributed by atoms with Gasteiger partial charge in [-0.1, -0.05) is 6.07 Å². The van der Waals surface area contributed by atoms with Crippen molar-refractivity contribution >= 4 is 15.7 Å². The Hall–Kier alpha value is -2.15. The highest BCUT2D eigenvalue weighted by Crippen LogP contribution is 2.13. The van der Waals surface area contributed by atoms with E-state index in [2.05, 4.69) is 10.2 Å². The molecule has 0 aliphatic carbocycles. The second-order valence-electron chi connectivity index (χ2n) is 4.57. The molecule has 0 atom stereocenters. The monoisotopic (exact) mass is 293 g/mol. The minimum absolute atomic E-state index is 0.139. The van der Waals surface area contributed by atoms with Crippen molar-refractivity contribution in [1.29, 1.82) is 0 Å². The molecule has 2 rings (SSSR count). The maximum Gasteiger partial charge on any atom is 0.253 e. The number of nitrogens with one attached hydrogen (secondary N) is 1. The molecule has 0 radical (unpaired) electrons. The highest BCUT2D eigenvalue weighted by atomic mass is 32.2. The summed E-state index contributed by atoms with van der Waals surface area (Å²) in [4.78, 5) is 13.9. The first kappa shape index (κ1) is 14.3. The van der Waals surface area contributed by atoms with Crippen molar-refractivity contribution in [2.45, 2.75) is 11.4 Å². The zero-order chi connectivity index (χ0) is 14.8. The normalized spacial score (nSPS) is 11.3. The molecule has 0 saturated heterocycles. The van der Waals surface area contributed by atoms with Crippen molar-refractivity contribution in [1.82, 2.24) is 15.1 Å². The molecule has 0 saturated carbocycles. The summed E-state index contributed by atoms with van der Waals surface area (Å²) >= 11 is 0. The van der Waals surface area contributed by atoms with Gasteiger partial charge in [0.1, 0.15) is 0 Å². The van der Waals surface area contributed by atoms with E-state index in [1.165, 1.54) is 17.0 Å². The van der Waals surface area contributed by atoms with Crippen molar-refractivity contribution in [2.24, 2.45) is 0 Å². The molecule has 106 valence electrons. The predicted octanol–water partition coefficient (Wildman–Crippen LogP) is 1.09. The van der Waals surface area contributed by atoms with E-state index in [1.807, 2.05) is 0 Å². The van der Waals surface area contributed by atoms with Crippen molar-refractivity contribution < 1.29 is 13.2 Å². The average Bonchev–Trinajstić information content (AvgIpc) is 2.90. The number of rotatable bonds is 4. The van der Waals surface area contributed by atoms with E-state index < -0.39 is 9.84 Å². The summed E-state index contributed by atoms with van der Waals surface area (Å²) in [5.74, 6) is -0.239. The lowest BCUT2D eigenvalue weighted by Gasteiger charge is -2.16. The third-order valence-electron chi connectivity index (χ3n) is 2.83. The van der Waals surface area contributed by atoms with Crippen molar-refractivity contribution in [2.75, 3.05) is 13.3 Å². The van der Waals surface area contributed by atoms with Gasteiger partial charge >= 0.3 is 0 Å². The number of benzene rings is 1. The molecular weight excluding hydrogens is 278 g/mol. The summed E-state index contributed by atoms with van der Waals surface area (Å²) < 4.78 is 23.0. The molecule has 1 N–H and O–H groups in total. The van der Waals surface area contributed by atoms with Gasteiger partial charge < -0.3 is 4.90 Å². The highest BCUT2D eigenvalue weighted by Gasteiger charge is 2.15. The fraction of sp³-hybridized carbons (Fsp3) is 0.231. The van der Waals surface area contributed by atoms with E-state index in [9.17, 15) is 13.2 Å². The molecule has 0 fully saturated rings. The maximum absolute atomic E-state index is 12.3. The van der Waals surface area contributed by atoms with Crippen LogP contribution in [-0.4, -0.2) is 42.7 Å². The van der Waals surface area contributed by atoms with E-state index in [0.29, 0.717) is 12.1 Å². The van der Waals surface area contributed by atoms with Crippen molar-refractivity contribution in [3.8, 4) is 0 Å². The van der Waals surface area contributed by atoms with Gasteiger partial charge in [0.25, 0.3) is 5.91 Å². The number of aromatic amines is 1. The average molecular weight is 293 g/mol. The summed E-state index contributed by atoms with van der Waals surface area (Å²) in [5, 5.41) is 6.49. The topological polar surface area (TPSA) is 83.1 Å². The van der Waals surface area contributed by atoms with Gasteiger partial charge in [-0.05, 0) is 18.2 Å². The second-order valence-corrected chi connectivity index (χ2v) is 6.58. The van der Waals surface area contributed by atoms with Crippen LogP contribution in [0.4, 0.5) is 0 Å². The number of hydrogen-bond donors (Lipinski definition) is 1. The molecule has 0 aliphatic heterocycles. The van der Waals surface area contributed by atoms with Crippen LogP contribution < -0.4 is 0 Å². The molecule has 6 nitrogen and oxygen atoms in total. The third kappa shape index (κ3) is 3.24. The van der Waals surface area contributed by atoms with E-state index in [1.54, 1.807) is 31.6 Å². The summed E-state index contributed by atoms with van der Waals surface area (Å²) in [5.41, 5.74) is 1.22. The second kappa shape index (κ2) is 5.46. The lowest BCUT2D eigenvalue weighted by Crippen LogP contribution is -2.26. The van der Waals surface area contributed by atoms with E-state index in [0.717, 1.165) is 11.8 Å². The van der Waals surface area contributed by atoms with Crippen LogP contribution in [0.3, 0.4) is 0 Å². The first-order valence-corrected chi connectivity index (χ1v) is 7.80. The molecule has 1 amide bonds.